The number of hydrogen-bond acceptors (Lipinski definition) is 0. The molecule has 4 fully saturated rings. The predicted octanol–water partition coefficient (Wildman–Crippen LogP) is 17.2. The third kappa shape index (κ3) is 24.5. The second-order valence-electron chi connectivity index (χ2n) is 30.7. The Morgan fingerprint density at radius 2 is 0.674 bits per heavy atom. The minimum absolute atomic E-state index is 0. The molecular weight excluding hydrogens is 1240 g/mol. The van der Waals surface area contributed by atoms with Gasteiger partial charge in [-0.3, -0.25) is 12.2 Å². The van der Waals surface area contributed by atoms with Gasteiger partial charge in [-0.05, 0) is 56.8 Å². The molecule has 0 amide bonds. The van der Waals surface area contributed by atoms with E-state index in [1.54, 1.807) is 48.5 Å². The first-order valence-corrected chi connectivity index (χ1v) is 36.4. The average Bonchev–Trinajstić information content (AvgIpc) is 2.14. The van der Waals surface area contributed by atoms with E-state index in [4.69, 9.17) is 0 Å². The summed E-state index contributed by atoms with van der Waals surface area (Å²) in [4.78, 5) is 0. The second-order valence-corrected chi connectivity index (χ2v) is 34.1. The molecule has 0 heterocycles. The Labute approximate surface area is 570 Å². The molecule has 0 aromatic heterocycles. The molecule has 0 nitrogen and oxygen atoms in total. The van der Waals surface area contributed by atoms with E-state index < -0.39 is 0 Å². The van der Waals surface area contributed by atoms with Gasteiger partial charge in [0.25, 0.3) is 0 Å². The van der Waals surface area contributed by atoms with Crippen LogP contribution in [-0.4, -0.2) is 6.41 Å². The standard InChI is InChI=1S/2C21H25.2C15H26.2C5H5.2ClH.2Zr/c2*1-20(2,3)16-7-9-18-14(12-16)11-15-13-17(21(4,5)6)8-10-19(15)18;2*1-3-8-14(9-4-1)12-7-13-15-10-5-2-6-11-15;2*1-2-4-5-3-1;;;;/h2*7-10,12H,11H2,1-6H3;2*14-15H,1-6,8-13H2;2*1-3H,4H2;2*1H;;/q2*-1;;;2*-1;;;2*+2/p-2. The van der Waals surface area contributed by atoms with Crippen LogP contribution in [0.2, 0.25) is 0 Å². The molecule has 4 aromatic rings. The van der Waals surface area contributed by atoms with Crippen LogP contribution in [0.3, 0.4) is 0 Å². The van der Waals surface area contributed by atoms with Crippen molar-refractivity contribution >= 4 is 6.41 Å². The van der Waals surface area contributed by atoms with Gasteiger partial charge in [0.2, 0.25) is 0 Å². The summed E-state index contributed by atoms with van der Waals surface area (Å²) in [5.41, 5.74) is 17.4. The van der Waals surface area contributed by atoms with E-state index in [1.165, 1.54) is 221 Å². The number of hydrogen-bond donors (Lipinski definition) is 0. The minimum atomic E-state index is 0. The molecule has 8 aliphatic rings. The summed E-state index contributed by atoms with van der Waals surface area (Å²) in [6.07, 6.45) is 58.4. The number of halogens is 2. The van der Waals surface area contributed by atoms with E-state index in [0.717, 1.165) is 49.4 Å². The zero-order valence-electron chi connectivity index (χ0n) is 56.1. The summed E-state index contributed by atoms with van der Waals surface area (Å²) in [5, 5.41) is 0. The van der Waals surface area contributed by atoms with E-state index in [0.29, 0.717) is 0 Å². The molecule has 8 aliphatic carbocycles. The van der Waals surface area contributed by atoms with Gasteiger partial charge in [-0.1, -0.05) is 131 Å². The average molecular weight is 1350 g/mol. The first-order valence-electron chi connectivity index (χ1n) is 34.0. The Kier molecular flexibility index (Phi) is 31.5. The van der Waals surface area contributed by atoms with Gasteiger partial charge in [0.1, 0.15) is 0 Å². The molecule has 4 saturated carbocycles. The molecular formula is C82H112Cl2Zr2-2. The zero-order valence-corrected chi connectivity index (χ0v) is 62.5. The van der Waals surface area contributed by atoms with E-state index in [-0.39, 0.29) is 46.5 Å². The molecule has 4 heteroatoms. The molecule has 0 bridgehead atoms. The molecule has 86 heavy (non-hydrogen) atoms. The molecule has 4 aromatic carbocycles. The van der Waals surface area contributed by atoms with Gasteiger partial charge in [-0.2, -0.15) is 59.7 Å². The number of benzene rings is 4. The third-order valence-electron chi connectivity index (χ3n) is 19.1. The number of rotatable bonds is 8. The van der Waals surface area contributed by atoms with Gasteiger partial charge in [-0.15, -0.1) is 35.1 Å². The molecule has 464 valence electrons. The molecule has 12 rings (SSSR count). The SMILES string of the molecule is CC(C)(C)c1[c-]c2c(cc1)-c1ccc(C(C)(C)C)cc1C2.CC(C)(C)c1[c-]c2c(cc1)-c1ccc(C(C)(C)C)cc1C2.[C-]1=CC=CC1.[C-]1=CC=CC1.[Cl-].[Cl-].[Zr+2]=[C](CC1CCCCC1)CC1CCCCC1.[Zr+2]=[C](CC1CCCCC1)CC1CCCCC1. The topological polar surface area (TPSA) is 0 Å². The van der Waals surface area contributed by atoms with Gasteiger partial charge in [0.15, 0.2) is 0 Å². The van der Waals surface area contributed by atoms with Gasteiger partial charge >= 0.3 is 233 Å². The van der Waals surface area contributed by atoms with Gasteiger partial charge in [0, 0.05) is 0 Å². The van der Waals surface area contributed by atoms with Crippen molar-refractivity contribution in [1.82, 2.24) is 0 Å². The summed E-state index contributed by atoms with van der Waals surface area (Å²) in [6.45, 7) is 27.2. The molecule has 0 unspecified atom stereocenters. The van der Waals surface area contributed by atoms with Crippen LogP contribution in [0.5, 0.6) is 0 Å². The summed E-state index contributed by atoms with van der Waals surface area (Å²) in [7, 11) is 0. The Balaban J connectivity index is 0.000000198. The molecule has 0 atom stereocenters. The first-order chi connectivity index (χ1) is 40.0. The van der Waals surface area contributed by atoms with Crippen molar-refractivity contribution < 1.29 is 73.3 Å². The van der Waals surface area contributed by atoms with Crippen molar-refractivity contribution in [3.05, 3.63) is 166 Å². The fourth-order valence-electron chi connectivity index (χ4n) is 13.9. The third-order valence-corrected chi connectivity index (χ3v) is 21.1. The Hall–Kier alpha value is -2.07. The van der Waals surface area contributed by atoms with Crippen LogP contribution in [0.25, 0.3) is 22.3 Å². The van der Waals surface area contributed by atoms with Crippen molar-refractivity contribution in [3.63, 3.8) is 0 Å². The Bertz CT molecular complexity index is 2450. The van der Waals surface area contributed by atoms with Crippen LogP contribution < -0.4 is 24.8 Å². The number of allylic oxidation sites excluding steroid dienone is 8. The van der Waals surface area contributed by atoms with Crippen LogP contribution >= 0.6 is 0 Å². The zero-order chi connectivity index (χ0) is 60.3. The van der Waals surface area contributed by atoms with Crippen LogP contribution in [0, 0.1) is 48.0 Å². The van der Waals surface area contributed by atoms with Crippen molar-refractivity contribution in [2.75, 3.05) is 0 Å². The maximum absolute atomic E-state index is 3.67. The van der Waals surface area contributed by atoms with E-state index in [1.807, 2.05) is 30.7 Å². The van der Waals surface area contributed by atoms with Crippen LogP contribution in [-0.2, 0) is 83.0 Å². The second kappa shape index (κ2) is 36.2. The predicted molar refractivity (Wildman–Crippen MR) is 360 cm³/mol. The Morgan fingerprint density at radius 1 is 0.384 bits per heavy atom. The molecule has 0 N–H and O–H groups in total. The van der Waals surface area contributed by atoms with E-state index in [9.17, 15) is 0 Å². The molecule has 0 aliphatic heterocycles. The maximum atomic E-state index is 3.67. The van der Waals surface area contributed by atoms with Crippen LogP contribution in [0.1, 0.15) is 295 Å². The van der Waals surface area contributed by atoms with Crippen molar-refractivity contribution in [3.8, 4) is 22.3 Å². The fourth-order valence-corrected chi connectivity index (χ4v) is 16.7. The van der Waals surface area contributed by atoms with Gasteiger partial charge in [0.05, 0.1) is 0 Å². The van der Waals surface area contributed by atoms with E-state index >= 15 is 0 Å². The van der Waals surface area contributed by atoms with Crippen LogP contribution in [0.15, 0.2) is 97.1 Å². The summed E-state index contributed by atoms with van der Waals surface area (Å²) in [6, 6.07) is 30.3. The van der Waals surface area contributed by atoms with Crippen molar-refractivity contribution in [2.45, 2.75) is 285 Å². The monoisotopic (exact) mass is 1350 g/mol. The summed E-state index contributed by atoms with van der Waals surface area (Å²) < 4.78 is 3.82. The van der Waals surface area contributed by atoms with E-state index in [2.05, 4.69) is 180 Å². The first kappa shape index (κ1) is 74.7. The quantitative estimate of drug-likeness (QED) is 0.133. The number of fused-ring (bicyclic) bond motifs is 6. The summed E-state index contributed by atoms with van der Waals surface area (Å²) >= 11 is 3.49. The van der Waals surface area contributed by atoms with Crippen molar-refractivity contribution in [1.29, 1.82) is 0 Å². The normalized spacial score (nSPS) is 18.0. The fraction of sp³-hybridized carbons (Fsp3) is 0.585. The Morgan fingerprint density at radius 3 is 0.907 bits per heavy atom. The van der Waals surface area contributed by atoms with Gasteiger partial charge < -0.3 is 24.8 Å². The van der Waals surface area contributed by atoms with Crippen molar-refractivity contribution in [2.24, 2.45) is 23.7 Å². The summed E-state index contributed by atoms with van der Waals surface area (Å²) in [5.74, 6) is 4.30. The molecule has 0 saturated heterocycles. The molecule has 0 radical (unpaired) electrons. The van der Waals surface area contributed by atoms with Gasteiger partial charge in [-0.25, -0.2) is 24.3 Å². The molecule has 0 spiro atoms. The van der Waals surface area contributed by atoms with Crippen LogP contribution in [0.4, 0.5) is 0 Å².